The van der Waals surface area contributed by atoms with Crippen molar-refractivity contribution in [1.82, 2.24) is 0 Å². The van der Waals surface area contributed by atoms with E-state index in [-0.39, 0.29) is 5.97 Å². The van der Waals surface area contributed by atoms with Crippen molar-refractivity contribution in [3.05, 3.63) is 29.8 Å². The van der Waals surface area contributed by atoms with Crippen LogP contribution in [0.1, 0.15) is 19.4 Å². The fourth-order valence-corrected chi connectivity index (χ4v) is 1.56. The van der Waals surface area contributed by atoms with Crippen LogP contribution in [0.15, 0.2) is 24.3 Å². The van der Waals surface area contributed by atoms with Crippen molar-refractivity contribution in [2.75, 3.05) is 20.8 Å². The largest absolute Gasteiger partial charge is 0.497 e. The third-order valence-corrected chi connectivity index (χ3v) is 2.45. The minimum Gasteiger partial charge on any atom is -0.497 e. The molecule has 0 atom stereocenters. The molecule has 18 heavy (non-hydrogen) atoms. The second-order valence-corrected chi connectivity index (χ2v) is 3.65. The second-order valence-electron chi connectivity index (χ2n) is 3.65. The number of benzene rings is 1. The van der Waals surface area contributed by atoms with Crippen molar-refractivity contribution < 1.29 is 19.0 Å². The zero-order valence-electron chi connectivity index (χ0n) is 11.1. The van der Waals surface area contributed by atoms with Crippen molar-refractivity contribution in [3.63, 3.8) is 0 Å². The SMILES string of the molecule is CCOC(=O)/C=C(\C)c1ccc(OC)cc1OC. The summed E-state index contributed by atoms with van der Waals surface area (Å²) in [6.45, 7) is 3.97. The summed E-state index contributed by atoms with van der Waals surface area (Å²) in [4.78, 5) is 11.4. The summed E-state index contributed by atoms with van der Waals surface area (Å²) in [5.74, 6) is 1.01. The normalized spacial score (nSPS) is 11.0. The molecule has 0 aliphatic carbocycles. The van der Waals surface area contributed by atoms with E-state index in [1.807, 2.05) is 19.1 Å². The van der Waals surface area contributed by atoms with Crippen molar-refractivity contribution >= 4 is 11.5 Å². The molecule has 0 fully saturated rings. The maximum Gasteiger partial charge on any atom is 0.331 e. The van der Waals surface area contributed by atoms with Crippen LogP contribution in [-0.2, 0) is 9.53 Å². The molecular weight excluding hydrogens is 232 g/mol. The zero-order valence-corrected chi connectivity index (χ0v) is 11.1. The minimum absolute atomic E-state index is 0.354. The van der Waals surface area contributed by atoms with E-state index < -0.39 is 0 Å². The highest BCUT2D eigenvalue weighted by molar-refractivity contribution is 5.91. The van der Waals surface area contributed by atoms with Gasteiger partial charge in [-0.2, -0.15) is 0 Å². The summed E-state index contributed by atoms with van der Waals surface area (Å²) in [6, 6.07) is 5.45. The van der Waals surface area contributed by atoms with Crippen molar-refractivity contribution in [2.24, 2.45) is 0 Å². The molecule has 0 spiro atoms. The van der Waals surface area contributed by atoms with Crippen LogP contribution in [0.3, 0.4) is 0 Å². The first-order valence-corrected chi connectivity index (χ1v) is 5.69. The van der Waals surface area contributed by atoms with Gasteiger partial charge in [0.2, 0.25) is 0 Å². The maximum atomic E-state index is 11.4. The molecule has 0 bridgehead atoms. The fourth-order valence-electron chi connectivity index (χ4n) is 1.56. The second kappa shape index (κ2) is 6.69. The Hall–Kier alpha value is -1.97. The van der Waals surface area contributed by atoms with Crippen LogP contribution in [-0.4, -0.2) is 26.8 Å². The average Bonchev–Trinajstić information content (AvgIpc) is 2.38. The highest BCUT2D eigenvalue weighted by atomic mass is 16.5. The Morgan fingerprint density at radius 3 is 2.56 bits per heavy atom. The lowest BCUT2D eigenvalue weighted by Crippen LogP contribution is -2.01. The number of carbonyl (C=O) groups is 1. The molecule has 0 saturated heterocycles. The summed E-state index contributed by atoms with van der Waals surface area (Å²) in [5.41, 5.74) is 1.62. The smallest absolute Gasteiger partial charge is 0.331 e. The molecule has 0 amide bonds. The molecule has 4 nitrogen and oxygen atoms in total. The first-order chi connectivity index (χ1) is 8.62. The van der Waals surface area contributed by atoms with Gasteiger partial charge in [-0.15, -0.1) is 0 Å². The lowest BCUT2D eigenvalue weighted by molar-refractivity contribution is -0.137. The summed E-state index contributed by atoms with van der Waals surface area (Å²) in [5, 5.41) is 0. The molecule has 0 saturated carbocycles. The van der Waals surface area contributed by atoms with E-state index in [9.17, 15) is 4.79 Å². The summed E-state index contributed by atoms with van der Waals surface area (Å²) in [7, 11) is 3.17. The van der Waals surface area contributed by atoms with E-state index in [0.29, 0.717) is 18.1 Å². The molecule has 0 aliphatic rings. The summed E-state index contributed by atoms with van der Waals surface area (Å²) < 4.78 is 15.3. The van der Waals surface area contributed by atoms with Gasteiger partial charge in [-0.3, -0.25) is 0 Å². The molecule has 0 radical (unpaired) electrons. The summed E-state index contributed by atoms with van der Waals surface area (Å²) in [6.07, 6.45) is 1.45. The lowest BCUT2D eigenvalue weighted by Gasteiger charge is -2.10. The molecular formula is C14H18O4. The van der Waals surface area contributed by atoms with Crippen LogP contribution in [0, 0.1) is 0 Å². The van der Waals surface area contributed by atoms with E-state index in [1.54, 1.807) is 27.2 Å². The van der Waals surface area contributed by atoms with Gasteiger partial charge in [-0.05, 0) is 31.6 Å². The highest BCUT2D eigenvalue weighted by Crippen LogP contribution is 2.29. The molecule has 1 rings (SSSR count). The van der Waals surface area contributed by atoms with Crippen molar-refractivity contribution in [3.8, 4) is 11.5 Å². The third kappa shape index (κ3) is 3.52. The number of hydrogen-bond donors (Lipinski definition) is 0. The molecule has 4 heteroatoms. The van der Waals surface area contributed by atoms with Crippen LogP contribution < -0.4 is 9.47 Å². The number of esters is 1. The van der Waals surface area contributed by atoms with Crippen LogP contribution in [0.5, 0.6) is 11.5 Å². The number of carbonyl (C=O) groups excluding carboxylic acids is 1. The number of allylic oxidation sites excluding steroid dienone is 1. The molecule has 0 aromatic heterocycles. The van der Waals surface area contributed by atoms with Crippen molar-refractivity contribution in [2.45, 2.75) is 13.8 Å². The van der Waals surface area contributed by atoms with Gasteiger partial charge in [0.1, 0.15) is 11.5 Å². The number of methoxy groups -OCH3 is 2. The van der Waals surface area contributed by atoms with Gasteiger partial charge < -0.3 is 14.2 Å². The maximum absolute atomic E-state index is 11.4. The number of ether oxygens (including phenoxy) is 3. The van der Waals surface area contributed by atoms with Crippen LogP contribution >= 0.6 is 0 Å². The summed E-state index contributed by atoms with van der Waals surface area (Å²) >= 11 is 0. The van der Waals surface area contributed by atoms with Gasteiger partial charge in [0.25, 0.3) is 0 Å². The van der Waals surface area contributed by atoms with Gasteiger partial charge >= 0.3 is 5.97 Å². The predicted molar refractivity (Wildman–Crippen MR) is 69.8 cm³/mol. The highest BCUT2D eigenvalue weighted by Gasteiger charge is 2.08. The van der Waals surface area contributed by atoms with Gasteiger partial charge in [0, 0.05) is 17.7 Å². The standard InChI is InChI=1S/C14H18O4/c1-5-18-14(15)8-10(2)12-7-6-11(16-3)9-13(12)17-4/h6-9H,5H2,1-4H3/b10-8+. The molecule has 1 aromatic carbocycles. The van der Waals surface area contributed by atoms with E-state index in [0.717, 1.165) is 11.1 Å². The van der Waals surface area contributed by atoms with Gasteiger partial charge in [-0.1, -0.05) is 0 Å². The first-order valence-electron chi connectivity index (χ1n) is 5.69. The quantitative estimate of drug-likeness (QED) is 0.595. The van der Waals surface area contributed by atoms with Crippen LogP contribution in [0.4, 0.5) is 0 Å². The van der Waals surface area contributed by atoms with E-state index >= 15 is 0 Å². The Bertz CT molecular complexity index is 449. The minimum atomic E-state index is -0.354. The van der Waals surface area contributed by atoms with Gasteiger partial charge in [-0.25, -0.2) is 4.79 Å². The molecule has 0 N–H and O–H groups in total. The van der Waals surface area contributed by atoms with Crippen LogP contribution in [0.2, 0.25) is 0 Å². The fraction of sp³-hybridized carbons (Fsp3) is 0.357. The zero-order chi connectivity index (χ0) is 13.5. The van der Waals surface area contributed by atoms with E-state index in [4.69, 9.17) is 14.2 Å². The van der Waals surface area contributed by atoms with Crippen LogP contribution in [0.25, 0.3) is 5.57 Å². The molecule has 0 unspecified atom stereocenters. The van der Waals surface area contributed by atoms with E-state index in [2.05, 4.69) is 0 Å². The molecule has 1 aromatic rings. The number of hydrogen-bond acceptors (Lipinski definition) is 4. The Labute approximate surface area is 107 Å². The van der Waals surface area contributed by atoms with Gasteiger partial charge in [0.15, 0.2) is 0 Å². The molecule has 0 heterocycles. The predicted octanol–water partition coefficient (Wildman–Crippen LogP) is 2.67. The third-order valence-electron chi connectivity index (χ3n) is 2.45. The Balaban J connectivity index is 3.04. The van der Waals surface area contributed by atoms with Crippen molar-refractivity contribution in [1.29, 1.82) is 0 Å². The average molecular weight is 250 g/mol. The lowest BCUT2D eigenvalue weighted by atomic mass is 10.1. The molecule has 0 aliphatic heterocycles. The first kappa shape index (κ1) is 14.1. The van der Waals surface area contributed by atoms with Gasteiger partial charge in [0.05, 0.1) is 20.8 Å². The Morgan fingerprint density at radius 2 is 2.00 bits per heavy atom. The molecule has 98 valence electrons. The Morgan fingerprint density at radius 1 is 1.28 bits per heavy atom. The number of rotatable bonds is 5. The Kier molecular flexibility index (Phi) is 5.24. The topological polar surface area (TPSA) is 44.8 Å². The van der Waals surface area contributed by atoms with E-state index in [1.165, 1.54) is 6.08 Å². The monoisotopic (exact) mass is 250 g/mol.